The third kappa shape index (κ3) is 4.92. The van der Waals surface area contributed by atoms with Crippen LogP contribution in [0.15, 0.2) is 53.5 Å². The van der Waals surface area contributed by atoms with Crippen molar-refractivity contribution in [2.24, 2.45) is 10.9 Å². The lowest BCUT2D eigenvalue weighted by Gasteiger charge is -2.40. The summed E-state index contributed by atoms with van der Waals surface area (Å²) in [5, 5.41) is 4.29. The van der Waals surface area contributed by atoms with Gasteiger partial charge < -0.3 is 9.80 Å². The fourth-order valence-corrected chi connectivity index (χ4v) is 5.12. The van der Waals surface area contributed by atoms with E-state index in [4.69, 9.17) is 23.2 Å². The molecule has 194 valence electrons. The molecule has 1 saturated heterocycles. The highest BCUT2D eigenvalue weighted by Crippen LogP contribution is 2.41. The van der Waals surface area contributed by atoms with Gasteiger partial charge in [0.25, 0.3) is 0 Å². The Bertz CT molecular complexity index is 1360. The molecule has 6 nitrogen and oxygen atoms in total. The zero-order valence-electron chi connectivity index (χ0n) is 19.5. The number of fused-ring (bicyclic) bond motifs is 1. The predicted octanol–water partition coefficient (Wildman–Crippen LogP) is 6.01. The van der Waals surface area contributed by atoms with Gasteiger partial charge in [0.1, 0.15) is 11.7 Å². The largest absolute Gasteiger partial charge is 0.435 e. The van der Waals surface area contributed by atoms with Gasteiger partial charge in [-0.1, -0.05) is 29.3 Å². The van der Waals surface area contributed by atoms with E-state index in [0.717, 1.165) is 16.4 Å². The van der Waals surface area contributed by atoms with Crippen LogP contribution in [0.4, 0.5) is 29.1 Å². The number of aromatic nitrogens is 2. The molecule has 1 aromatic heterocycles. The smallest absolute Gasteiger partial charge is 0.368 e. The molecule has 1 fully saturated rings. The van der Waals surface area contributed by atoms with Crippen LogP contribution in [0.1, 0.15) is 24.2 Å². The van der Waals surface area contributed by atoms with Gasteiger partial charge >= 0.3 is 6.18 Å². The average molecular weight is 554 g/mol. The number of alkyl halides is 3. The van der Waals surface area contributed by atoms with E-state index in [9.17, 15) is 22.4 Å². The summed E-state index contributed by atoms with van der Waals surface area (Å²) < 4.78 is 54.9. The number of piperazine rings is 1. The predicted molar refractivity (Wildman–Crippen MR) is 133 cm³/mol. The second-order valence-corrected chi connectivity index (χ2v) is 9.78. The Kier molecular flexibility index (Phi) is 6.66. The van der Waals surface area contributed by atoms with Crippen LogP contribution in [0.25, 0.3) is 0 Å². The van der Waals surface area contributed by atoms with Crippen LogP contribution in [-0.2, 0) is 11.0 Å². The van der Waals surface area contributed by atoms with Crippen LogP contribution in [0.5, 0.6) is 0 Å². The Labute approximate surface area is 220 Å². The normalized spacial score (nSPS) is 20.0. The molecule has 2 aliphatic heterocycles. The Morgan fingerprint density at radius 3 is 2.27 bits per heavy atom. The number of hydrogen-bond donors (Lipinski definition) is 0. The van der Waals surface area contributed by atoms with Crippen molar-refractivity contribution in [2.45, 2.75) is 19.1 Å². The fraction of sp³-hybridized carbons (Fsp3) is 0.320. The first-order valence-corrected chi connectivity index (χ1v) is 12.2. The molecule has 2 aliphatic rings. The van der Waals surface area contributed by atoms with Crippen molar-refractivity contribution < 1.29 is 22.4 Å². The second kappa shape index (κ2) is 9.64. The lowest BCUT2D eigenvalue weighted by molar-refractivity contribution is -0.141. The molecule has 0 bridgehead atoms. The molecule has 3 heterocycles. The standard InChI is InChI=1S/C25H21Cl2F4N5O/c1-14-22(24(37)35-10-8-34(9-11-35)17-5-3-16(28)4-6-17)23(15-2-7-18(26)19(27)12-15)36-21(32-14)13-20(33-36)25(29,30)31/h2-7,12-13,22-23H,8-11H2,1H3. The highest BCUT2D eigenvalue weighted by molar-refractivity contribution is 6.42. The van der Waals surface area contributed by atoms with Crippen molar-refractivity contribution in [1.82, 2.24) is 14.7 Å². The number of anilines is 1. The Balaban J connectivity index is 1.47. The third-order valence-electron chi connectivity index (χ3n) is 6.66. The van der Waals surface area contributed by atoms with E-state index in [1.807, 2.05) is 4.90 Å². The first-order chi connectivity index (χ1) is 17.5. The quantitative estimate of drug-likeness (QED) is 0.373. The summed E-state index contributed by atoms with van der Waals surface area (Å²) in [6.07, 6.45) is -4.67. The van der Waals surface area contributed by atoms with E-state index >= 15 is 0 Å². The molecule has 1 amide bonds. The van der Waals surface area contributed by atoms with Crippen LogP contribution in [0, 0.1) is 11.7 Å². The Morgan fingerprint density at radius 1 is 0.973 bits per heavy atom. The summed E-state index contributed by atoms with van der Waals surface area (Å²) >= 11 is 12.3. The minimum absolute atomic E-state index is 0.00563. The first kappa shape index (κ1) is 25.5. The first-order valence-electron chi connectivity index (χ1n) is 11.5. The summed E-state index contributed by atoms with van der Waals surface area (Å²) in [5.41, 5.74) is 0.622. The summed E-state index contributed by atoms with van der Waals surface area (Å²) in [6.45, 7) is 3.43. The van der Waals surface area contributed by atoms with Gasteiger partial charge in [0, 0.05) is 43.6 Å². The molecule has 0 N–H and O–H groups in total. The molecule has 2 atom stereocenters. The number of halogens is 6. The lowest BCUT2D eigenvalue weighted by atomic mass is 9.87. The zero-order valence-corrected chi connectivity index (χ0v) is 21.0. The molecule has 0 spiro atoms. The van der Waals surface area contributed by atoms with Crippen molar-refractivity contribution in [3.63, 3.8) is 0 Å². The molecule has 0 radical (unpaired) electrons. The van der Waals surface area contributed by atoms with Gasteiger partial charge in [0.05, 0.1) is 16.1 Å². The van der Waals surface area contributed by atoms with E-state index in [0.29, 0.717) is 37.5 Å². The van der Waals surface area contributed by atoms with Gasteiger partial charge in [-0.15, -0.1) is 0 Å². The van der Waals surface area contributed by atoms with E-state index in [1.54, 1.807) is 36.1 Å². The average Bonchev–Trinajstić information content (AvgIpc) is 3.29. The van der Waals surface area contributed by atoms with Crippen LogP contribution >= 0.6 is 23.2 Å². The molecule has 2 aromatic carbocycles. The molecule has 37 heavy (non-hydrogen) atoms. The lowest BCUT2D eigenvalue weighted by Crippen LogP contribution is -2.53. The maximum absolute atomic E-state index is 13.9. The second-order valence-electron chi connectivity index (χ2n) is 8.97. The van der Waals surface area contributed by atoms with Gasteiger partial charge in [0.2, 0.25) is 5.91 Å². The number of benzene rings is 2. The molecule has 12 heteroatoms. The van der Waals surface area contributed by atoms with E-state index in [1.165, 1.54) is 18.2 Å². The van der Waals surface area contributed by atoms with Gasteiger partial charge in [-0.3, -0.25) is 4.79 Å². The minimum atomic E-state index is -4.67. The molecular formula is C25H21Cl2F4N5O. The summed E-state index contributed by atoms with van der Waals surface area (Å²) in [5.74, 6) is -1.50. The summed E-state index contributed by atoms with van der Waals surface area (Å²) in [7, 11) is 0. The molecule has 3 aromatic rings. The van der Waals surface area contributed by atoms with E-state index < -0.39 is 23.8 Å². The Morgan fingerprint density at radius 2 is 1.65 bits per heavy atom. The molecule has 2 unspecified atom stereocenters. The van der Waals surface area contributed by atoms with Gasteiger partial charge in [-0.05, 0) is 48.9 Å². The highest BCUT2D eigenvalue weighted by Gasteiger charge is 2.43. The van der Waals surface area contributed by atoms with E-state index in [-0.39, 0.29) is 27.6 Å². The minimum Gasteiger partial charge on any atom is -0.368 e. The van der Waals surface area contributed by atoms with Crippen molar-refractivity contribution in [3.05, 3.63) is 75.7 Å². The van der Waals surface area contributed by atoms with Crippen molar-refractivity contribution >= 4 is 46.3 Å². The highest BCUT2D eigenvalue weighted by atomic mass is 35.5. The number of aliphatic imine (C=N–C) groups is 1. The van der Waals surface area contributed by atoms with Crippen LogP contribution in [0.2, 0.25) is 10.0 Å². The number of hydrogen-bond acceptors (Lipinski definition) is 4. The SMILES string of the molecule is CC1=Nc2cc(C(F)(F)F)nn2C(c2ccc(Cl)c(Cl)c2)C1C(=O)N1CCN(c2ccc(F)cc2)CC1. The maximum atomic E-state index is 13.9. The van der Waals surface area contributed by atoms with Crippen molar-refractivity contribution in [2.75, 3.05) is 31.1 Å². The summed E-state index contributed by atoms with van der Waals surface area (Å²) in [6, 6.07) is 10.8. The number of nitrogens with zero attached hydrogens (tertiary/aromatic N) is 5. The van der Waals surface area contributed by atoms with Gasteiger partial charge in [-0.25, -0.2) is 14.1 Å². The van der Waals surface area contributed by atoms with Crippen molar-refractivity contribution in [1.29, 1.82) is 0 Å². The molecular weight excluding hydrogens is 533 g/mol. The number of amides is 1. The van der Waals surface area contributed by atoms with Crippen molar-refractivity contribution in [3.8, 4) is 0 Å². The van der Waals surface area contributed by atoms with Crippen LogP contribution in [0.3, 0.4) is 0 Å². The fourth-order valence-electron chi connectivity index (χ4n) is 4.81. The monoisotopic (exact) mass is 553 g/mol. The topological polar surface area (TPSA) is 53.7 Å². The van der Waals surface area contributed by atoms with Crippen LogP contribution in [-0.4, -0.2) is 52.5 Å². The van der Waals surface area contributed by atoms with Crippen LogP contribution < -0.4 is 4.90 Å². The zero-order chi connectivity index (χ0) is 26.5. The number of rotatable bonds is 3. The Hall–Kier alpha value is -3.11. The molecule has 5 rings (SSSR count). The third-order valence-corrected chi connectivity index (χ3v) is 7.40. The number of carbonyl (C=O) groups excluding carboxylic acids is 1. The molecule has 0 aliphatic carbocycles. The van der Waals surface area contributed by atoms with E-state index in [2.05, 4.69) is 10.1 Å². The van der Waals surface area contributed by atoms with Gasteiger partial charge in [0.15, 0.2) is 11.5 Å². The van der Waals surface area contributed by atoms with Gasteiger partial charge in [-0.2, -0.15) is 18.3 Å². The molecule has 0 saturated carbocycles. The number of carbonyl (C=O) groups is 1. The summed E-state index contributed by atoms with van der Waals surface area (Å²) in [4.78, 5) is 21.9. The maximum Gasteiger partial charge on any atom is 0.435 e.